The summed E-state index contributed by atoms with van der Waals surface area (Å²) in [5.74, 6) is 2.68. The van der Waals surface area contributed by atoms with Crippen molar-refractivity contribution in [1.82, 2.24) is 5.32 Å². The van der Waals surface area contributed by atoms with Gasteiger partial charge in [-0.15, -0.1) is 0 Å². The Hall–Kier alpha value is -0.730. The molecule has 5 unspecified atom stereocenters. The Morgan fingerprint density at radius 1 is 1.10 bits per heavy atom. The molecule has 0 aromatic heterocycles. The Kier molecular flexibility index (Phi) is 22.1. The number of carbonyl (C=O) groups excluding carboxylic acids is 1. The predicted octanol–water partition coefficient (Wildman–Crippen LogP) is 2.86. The summed E-state index contributed by atoms with van der Waals surface area (Å²) < 4.78 is 10.4. The Morgan fingerprint density at radius 3 is 1.97 bits per heavy atom. The molecule has 0 aliphatic carbocycles. The van der Waals surface area contributed by atoms with Crippen LogP contribution in [0.1, 0.15) is 67.7 Å². The van der Waals surface area contributed by atoms with Crippen molar-refractivity contribution in [3.8, 4) is 0 Å². The van der Waals surface area contributed by atoms with Gasteiger partial charge in [-0.2, -0.15) is 0 Å². The molecular formula is C24H51NO6. The fraction of sp³-hybridized carbons (Fsp3) is 0.958. The minimum Gasteiger partial charge on any atom is -0.396 e. The van der Waals surface area contributed by atoms with Crippen molar-refractivity contribution in [1.29, 1.82) is 0 Å². The number of amides is 1. The second kappa shape index (κ2) is 21.1. The van der Waals surface area contributed by atoms with Gasteiger partial charge in [-0.25, -0.2) is 0 Å². The van der Waals surface area contributed by atoms with Gasteiger partial charge in [-0.3, -0.25) is 4.79 Å². The van der Waals surface area contributed by atoms with E-state index in [4.69, 9.17) is 24.8 Å². The normalized spacial score (nSPS) is 25.4. The average molecular weight is 450 g/mol. The largest absolute Gasteiger partial charge is 0.396 e. The first-order valence-electron chi connectivity index (χ1n) is 11.9. The molecule has 0 spiro atoms. The minimum absolute atomic E-state index is 0.0455. The van der Waals surface area contributed by atoms with Gasteiger partial charge in [0.2, 0.25) is 5.91 Å². The highest BCUT2D eigenvalue weighted by molar-refractivity contribution is 5.72. The Morgan fingerprint density at radius 2 is 1.74 bits per heavy atom. The summed E-state index contributed by atoms with van der Waals surface area (Å²) in [6, 6.07) is 0. The molecule has 0 radical (unpaired) electrons. The predicted molar refractivity (Wildman–Crippen MR) is 126 cm³/mol. The van der Waals surface area contributed by atoms with Crippen LogP contribution in [0.2, 0.25) is 0 Å². The molecule has 2 fully saturated rings. The molecule has 0 saturated carbocycles. The maximum Gasteiger partial charge on any atom is 0.216 e. The van der Waals surface area contributed by atoms with Crippen LogP contribution in [0.5, 0.6) is 0 Å². The number of carbonyl (C=O) groups is 1. The first-order chi connectivity index (χ1) is 14.6. The van der Waals surface area contributed by atoms with Crippen LogP contribution >= 0.6 is 0 Å². The van der Waals surface area contributed by atoms with E-state index in [9.17, 15) is 4.79 Å². The fourth-order valence-corrected chi connectivity index (χ4v) is 2.64. The first-order valence-corrected chi connectivity index (χ1v) is 11.9. The van der Waals surface area contributed by atoms with E-state index in [2.05, 4.69) is 33.0 Å². The molecule has 5 atom stereocenters. The molecule has 2 aliphatic heterocycles. The lowest BCUT2D eigenvalue weighted by atomic mass is 9.98. The topological polar surface area (TPSA) is 108 Å². The summed E-state index contributed by atoms with van der Waals surface area (Å²) in [6.45, 7) is 18.1. The highest BCUT2D eigenvalue weighted by atomic mass is 16.5. The number of hydrogen-bond acceptors (Lipinski definition) is 6. The Labute approximate surface area is 190 Å². The van der Waals surface area contributed by atoms with E-state index in [0.717, 1.165) is 45.6 Å². The third kappa shape index (κ3) is 19.7. The number of rotatable bonds is 7. The molecule has 1 amide bonds. The van der Waals surface area contributed by atoms with Crippen molar-refractivity contribution >= 4 is 5.91 Å². The summed E-state index contributed by atoms with van der Waals surface area (Å²) in [5, 5.41) is 28.0. The lowest BCUT2D eigenvalue weighted by Crippen LogP contribution is -2.29. The molecule has 2 aliphatic rings. The van der Waals surface area contributed by atoms with Gasteiger partial charge in [0.15, 0.2) is 0 Å². The quantitative estimate of drug-likeness (QED) is 0.476. The summed E-state index contributed by atoms with van der Waals surface area (Å²) in [6.07, 6.45) is 3.31. The molecule has 31 heavy (non-hydrogen) atoms. The van der Waals surface area contributed by atoms with Crippen molar-refractivity contribution in [2.75, 3.05) is 46.2 Å². The zero-order valence-corrected chi connectivity index (χ0v) is 21.1. The van der Waals surface area contributed by atoms with E-state index in [-0.39, 0.29) is 18.6 Å². The van der Waals surface area contributed by atoms with Gasteiger partial charge >= 0.3 is 0 Å². The van der Waals surface area contributed by atoms with Crippen LogP contribution in [0.25, 0.3) is 0 Å². The van der Waals surface area contributed by atoms with Crippen molar-refractivity contribution in [3.05, 3.63) is 0 Å². The van der Waals surface area contributed by atoms with Gasteiger partial charge in [0.05, 0.1) is 12.7 Å². The molecule has 2 heterocycles. The summed E-state index contributed by atoms with van der Waals surface area (Å²) in [7, 11) is 0. The van der Waals surface area contributed by atoms with Crippen LogP contribution in [-0.4, -0.2) is 73.5 Å². The number of nitrogens with one attached hydrogen (secondary N) is 1. The number of hydrogen-bond donors (Lipinski definition) is 4. The molecule has 2 saturated heterocycles. The van der Waals surface area contributed by atoms with Crippen molar-refractivity contribution < 1.29 is 29.6 Å². The van der Waals surface area contributed by atoms with Gasteiger partial charge < -0.3 is 30.1 Å². The molecule has 0 aromatic rings. The highest BCUT2D eigenvalue weighted by Gasteiger charge is 2.24. The Balaban J connectivity index is 0. The highest BCUT2D eigenvalue weighted by Crippen LogP contribution is 2.19. The lowest BCUT2D eigenvalue weighted by Gasteiger charge is -2.12. The number of aliphatic hydroxyl groups is 3. The lowest BCUT2D eigenvalue weighted by molar-refractivity contribution is -0.119. The molecule has 0 aromatic carbocycles. The molecule has 188 valence electrons. The minimum atomic E-state index is 0.0455. The molecule has 7 nitrogen and oxygen atoms in total. The van der Waals surface area contributed by atoms with Crippen LogP contribution in [0, 0.1) is 29.6 Å². The second-order valence-electron chi connectivity index (χ2n) is 9.12. The summed E-state index contributed by atoms with van der Waals surface area (Å²) in [5.41, 5.74) is 0. The molecule has 2 rings (SSSR count). The maximum atomic E-state index is 10.6. The van der Waals surface area contributed by atoms with Crippen LogP contribution in [0.4, 0.5) is 0 Å². The van der Waals surface area contributed by atoms with E-state index in [0.29, 0.717) is 42.8 Å². The van der Waals surface area contributed by atoms with Crippen molar-refractivity contribution in [3.63, 3.8) is 0 Å². The van der Waals surface area contributed by atoms with Crippen LogP contribution in [0.3, 0.4) is 0 Å². The third-order valence-corrected chi connectivity index (χ3v) is 5.61. The van der Waals surface area contributed by atoms with E-state index in [1.807, 2.05) is 13.8 Å². The SMILES string of the molecule is CC(=O)NCC1COCC1C.CC(C)CCO.CC1OCCC1CO.CCC(C)CO. The Bertz CT molecular complexity index is 404. The summed E-state index contributed by atoms with van der Waals surface area (Å²) >= 11 is 0. The number of aliphatic hydroxyl groups excluding tert-OH is 3. The van der Waals surface area contributed by atoms with Gasteiger partial charge in [0, 0.05) is 58.3 Å². The molecular weight excluding hydrogens is 398 g/mol. The molecule has 0 bridgehead atoms. The first kappa shape index (κ1) is 32.4. The van der Waals surface area contributed by atoms with Crippen LogP contribution < -0.4 is 5.32 Å². The average Bonchev–Trinajstić information content (AvgIpc) is 3.34. The third-order valence-electron chi connectivity index (χ3n) is 5.61. The monoisotopic (exact) mass is 449 g/mol. The van der Waals surface area contributed by atoms with E-state index < -0.39 is 0 Å². The van der Waals surface area contributed by atoms with Crippen molar-refractivity contribution in [2.24, 2.45) is 29.6 Å². The van der Waals surface area contributed by atoms with E-state index in [1.165, 1.54) is 0 Å². The van der Waals surface area contributed by atoms with Crippen LogP contribution in [0.15, 0.2) is 0 Å². The standard InChI is InChI=1S/C8H15NO2.C6H12O2.2C5H12O/c1-6-4-11-5-8(6)3-9-7(2)10;1-5-6(4-7)2-3-8-5;1-5(2)3-4-6;1-3-5(2)4-6/h6,8H,3-5H2,1-2H3,(H,9,10);5-7H,2-4H2,1H3;2*5-6H,3-4H2,1-2H3. The van der Waals surface area contributed by atoms with Gasteiger partial charge in [-0.05, 0) is 37.5 Å². The van der Waals surface area contributed by atoms with Crippen LogP contribution in [-0.2, 0) is 14.3 Å². The molecule has 4 N–H and O–H groups in total. The maximum absolute atomic E-state index is 10.6. The fourth-order valence-electron chi connectivity index (χ4n) is 2.64. The zero-order valence-electron chi connectivity index (χ0n) is 21.1. The molecule has 7 heteroatoms. The van der Waals surface area contributed by atoms with Gasteiger partial charge in [0.25, 0.3) is 0 Å². The zero-order chi connectivity index (χ0) is 24.2. The second-order valence-corrected chi connectivity index (χ2v) is 9.12. The van der Waals surface area contributed by atoms with Crippen molar-refractivity contribution in [2.45, 2.75) is 73.8 Å². The van der Waals surface area contributed by atoms with Gasteiger partial charge in [-0.1, -0.05) is 41.0 Å². The summed E-state index contributed by atoms with van der Waals surface area (Å²) in [4.78, 5) is 10.6. The van der Waals surface area contributed by atoms with E-state index in [1.54, 1.807) is 6.92 Å². The number of ether oxygens (including phenoxy) is 2. The van der Waals surface area contributed by atoms with E-state index >= 15 is 0 Å². The van der Waals surface area contributed by atoms with Gasteiger partial charge in [0.1, 0.15) is 0 Å². The smallest absolute Gasteiger partial charge is 0.216 e.